The van der Waals surface area contributed by atoms with E-state index in [4.69, 9.17) is 4.42 Å². The maximum atomic E-state index is 5.87. The molecule has 4 rings (SSSR count). The molecule has 0 unspecified atom stereocenters. The van der Waals surface area contributed by atoms with E-state index >= 15 is 0 Å². The highest BCUT2D eigenvalue weighted by atomic mass is 32.1. The summed E-state index contributed by atoms with van der Waals surface area (Å²) in [5, 5.41) is 3.13. The Hall–Kier alpha value is -2.08. The van der Waals surface area contributed by atoms with Gasteiger partial charge in [-0.15, -0.1) is 11.3 Å². The summed E-state index contributed by atoms with van der Waals surface area (Å²) in [4.78, 5) is 13.6. The van der Waals surface area contributed by atoms with Crippen molar-refractivity contribution in [2.24, 2.45) is 0 Å². The normalized spacial score (nSPS) is 16.4. The van der Waals surface area contributed by atoms with E-state index in [-0.39, 0.29) is 0 Å². The standard InChI is InChI=1S/C15H16N4OS/c1-2-5-13-12(4-1)17-14(20-13)18-7-3-8-19(10-9-18)15-16-6-11-21-15/h1-2,4-6,11H,3,7-10H2. The van der Waals surface area contributed by atoms with Crippen LogP contribution >= 0.6 is 11.3 Å². The molecule has 0 bridgehead atoms. The lowest BCUT2D eigenvalue weighted by molar-refractivity contribution is 0.571. The van der Waals surface area contributed by atoms with Crippen LogP contribution in [0.15, 0.2) is 40.3 Å². The van der Waals surface area contributed by atoms with E-state index in [1.54, 1.807) is 11.3 Å². The second-order valence-corrected chi connectivity index (χ2v) is 5.98. The van der Waals surface area contributed by atoms with Crippen molar-refractivity contribution >= 4 is 33.6 Å². The topological polar surface area (TPSA) is 45.4 Å². The Morgan fingerprint density at radius 3 is 2.76 bits per heavy atom. The van der Waals surface area contributed by atoms with Gasteiger partial charge in [0.1, 0.15) is 5.52 Å². The molecule has 0 atom stereocenters. The molecule has 0 spiro atoms. The first-order chi connectivity index (χ1) is 10.4. The molecule has 2 aromatic heterocycles. The van der Waals surface area contributed by atoms with E-state index in [1.165, 1.54) is 0 Å². The lowest BCUT2D eigenvalue weighted by atomic mass is 10.3. The van der Waals surface area contributed by atoms with E-state index in [9.17, 15) is 0 Å². The Balaban J connectivity index is 1.54. The number of thiazole rings is 1. The van der Waals surface area contributed by atoms with Crippen LogP contribution < -0.4 is 9.80 Å². The highest BCUT2D eigenvalue weighted by molar-refractivity contribution is 7.13. The molecule has 6 heteroatoms. The first-order valence-corrected chi connectivity index (χ1v) is 8.03. The SMILES string of the molecule is c1ccc2oc(N3CCCN(c4nccs4)CC3)nc2c1. The van der Waals surface area contributed by atoms with Crippen LogP contribution in [0.2, 0.25) is 0 Å². The predicted octanol–water partition coefficient (Wildman–Crippen LogP) is 3.00. The largest absolute Gasteiger partial charge is 0.423 e. The molecular weight excluding hydrogens is 284 g/mol. The average molecular weight is 300 g/mol. The minimum Gasteiger partial charge on any atom is -0.423 e. The first-order valence-electron chi connectivity index (χ1n) is 7.15. The van der Waals surface area contributed by atoms with Gasteiger partial charge in [0.15, 0.2) is 10.7 Å². The number of hydrogen-bond donors (Lipinski definition) is 0. The monoisotopic (exact) mass is 300 g/mol. The molecule has 5 nitrogen and oxygen atoms in total. The number of nitrogens with zero attached hydrogens (tertiary/aromatic N) is 4. The van der Waals surface area contributed by atoms with Crippen LogP contribution in [0.3, 0.4) is 0 Å². The highest BCUT2D eigenvalue weighted by Crippen LogP contribution is 2.24. The third-order valence-electron chi connectivity index (χ3n) is 3.74. The Morgan fingerprint density at radius 2 is 1.90 bits per heavy atom. The third kappa shape index (κ3) is 2.47. The van der Waals surface area contributed by atoms with Crippen molar-refractivity contribution in [2.45, 2.75) is 6.42 Å². The second kappa shape index (κ2) is 5.37. The van der Waals surface area contributed by atoms with Gasteiger partial charge < -0.3 is 14.2 Å². The first kappa shape index (κ1) is 12.6. The number of fused-ring (bicyclic) bond motifs is 1. The van der Waals surface area contributed by atoms with Gasteiger partial charge in [0.2, 0.25) is 0 Å². The van der Waals surface area contributed by atoms with Crippen molar-refractivity contribution < 1.29 is 4.42 Å². The number of benzene rings is 1. The van der Waals surface area contributed by atoms with Crippen LogP contribution in [0.1, 0.15) is 6.42 Å². The number of hydrogen-bond acceptors (Lipinski definition) is 6. The van der Waals surface area contributed by atoms with Crippen LogP contribution in [-0.2, 0) is 0 Å². The summed E-state index contributed by atoms with van der Waals surface area (Å²) in [5.41, 5.74) is 1.78. The van der Waals surface area contributed by atoms with Gasteiger partial charge in [0.25, 0.3) is 6.01 Å². The van der Waals surface area contributed by atoms with E-state index in [2.05, 4.69) is 19.8 Å². The summed E-state index contributed by atoms with van der Waals surface area (Å²) < 4.78 is 5.87. The summed E-state index contributed by atoms with van der Waals surface area (Å²) in [7, 11) is 0. The summed E-state index contributed by atoms with van der Waals surface area (Å²) in [6.45, 7) is 3.86. The molecule has 1 aliphatic rings. The molecule has 0 amide bonds. The van der Waals surface area contributed by atoms with Gasteiger partial charge in [-0.1, -0.05) is 12.1 Å². The molecular formula is C15H16N4OS. The lowest BCUT2D eigenvalue weighted by Gasteiger charge is -2.20. The smallest absolute Gasteiger partial charge is 0.298 e. The van der Waals surface area contributed by atoms with E-state index < -0.39 is 0 Å². The Morgan fingerprint density at radius 1 is 1.05 bits per heavy atom. The minimum absolute atomic E-state index is 0.734. The summed E-state index contributed by atoms with van der Waals surface area (Å²) >= 11 is 1.70. The third-order valence-corrected chi connectivity index (χ3v) is 4.57. The van der Waals surface area contributed by atoms with Gasteiger partial charge in [-0.2, -0.15) is 4.98 Å². The van der Waals surface area contributed by atoms with Crippen LogP contribution in [0.25, 0.3) is 11.1 Å². The van der Waals surface area contributed by atoms with Gasteiger partial charge in [-0.3, -0.25) is 0 Å². The quantitative estimate of drug-likeness (QED) is 0.728. The molecule has 0 radical (unpaired) electrons. The summed E-state index contributed by atoms with van der Waals surface area (Å²) in [5.74, 6) is 0. The average Bonchev–Trinajstić information content (AvgIpc) is 3.12. The summed E-state index contributed by atoms with van der Waals surface area (Å²) in [6, 6.07) is 8.65. The van der Waals surface area contributed by atoms with E-state index in [0.717, 1.165) is 54.8 Å². The predicted molar refractivity (Wildman–Crippen MR) is 85.2 cm³/mol. The maximum absolute atomic E-state index is 5.87. The highest BCUT2D eigenvalue weighted by Gasteiger charge is 2.20. The Kier molecular flexibility index (Phi) is 3.23. The van der Waals surface area contributed by atoms with Gasteiger partial charge in [0, 0.05) is 37.8 Å². The number of oxazole rings is 1. The molecule has 1 aliphatic heterocycles. The minimum atomic E-state index is 0.734. The van der Waals surface area contributed by atoms with Crippen molar-refractivity contribution in [3.05, 3.63) is 35.8 Å². The zero-order valence-corrected chi connectivity index (χ0v) is 12.4. The number of aromatic nitrogens is 2. The molecule has 0 saturated carbocycles. The lowest BCUT2D eigenvalue weighted by Crippen LogP contribution is -2.30. The molecule has 1 aromatic carbocycles. The van der Waals surface area contributed by atoms with Gasteiger partial charge in [-0.25, -0.2) is 4.98 Å². The van der Waals surface area contributed by atoms with Crippen molar-refractivity contribution in [1.29, 1.82) is 0 Å². The van der Waals surface area contributed by atoms with Gasteiger partial charge in [-0.05, 0) is 18.6 Å². The molecule has 3 heterocycles. The molecule has 3 aromatic rings. The van der Waals surface area contributed by atoms with Crippen LogP contribution in [0.4, 0.5) is 11.1 Å². The fourth-order valence-electron chi connectivity index (χ4n) is 2.67. The number of rotatable bonds is 2. The number of para-hydroxylation sites is 2. The molecule has 1 fully saturated rings. The number of anilines is 2. The van der Waals surface area contributed by atoms with E-state index in [1.807, 2.05) is 35.8 Å². The molecule has 1 saturated heterocycles. The van der Waals surface area contributed by atoms with Crippen molar-refractivity contribution in [3.63, 3.8) is 0 Å². The zero-order chi connectivity index (χ0) is 14.1. The maximum Gasteiger partial charge on any atom is 0.298 e. The molecule has 108 valence electrons. The Labute approximate surface area is 126 Å². The van der Waals surface area contributed by atoms with E-state index in [0.29, 0.717) is 0 Å². The van der Waals surface area contributed by atoms with Crippen LogP contribution in [0, 0.1) is 0 Å². The van der Waals surface area contributed by atoms with Gasteiger partial charge in [0.05, 0.1) is 0 Å². The fraction of sp³-hybridized carbons (Fsp3) is 0.333. The van der Waals surface area contributed by atoms with Crippen LogP contribution in [-0.4, -0.2) is 36.1 Å². The fourth-order valence-corrected chi connectivity index (χ4v) is 3.36. The zero-order valence-electron chi connectivity index (χ0n) is 11.6. The van der Waals surface area contributed by atoms with Gasteiger partial charge >= 0.3 is 0 Å². The van der Waals surface area contributed by atoms with Crippen LogP contribution in [0.5, 0.6) is 0 Å². The Bertz CT molecular complexity index is 691. The molecule has 0 aliphatic carbocycles. The second-order valence-electron chi connectivity index (χ2n) is 5.11. The van der Waals surface area contributed by atoms with Crippen molar-refractivity contribution in [2.75, 3.05) is 36.0 Å². The molecule has 0 N–H and O–H groups in total. The van der Waals surface area contributed by atoms with Crippen molar-refractivity contribution in [1.82, 2.24) is 9.97 Å². The molecule has 21 heavy (non-hydrogen) atoms. The summed E-state index contributed by atoms with van der Waals surface area (Å²) in [6.07, 6.45) is 2.95. The van der Waals surface area contributed by atoms with Crippen molar-refractivity contribution in [3.8, 4) is 0 Å².